The predicted octanol–water partition coefficient (Wildman–Crippen LogP) is 9.73. The third-order valence-corrected chi connectivity index (χ3v) is 8.44. The summed E-state index contributed by atoms with van der Waals surface area (Å²) in [5.74, 6) is 0. The standard InChI is InChI=1S/C37H36N2/c1-6-39-31-25-23-27-17-13-15-19-29(27)35(31)37(4,5)33(39)21-11-9-7-8-10-20-32-36(2,3)34-28-18-14-12-16-26(28)22-24-30(34)38-32/h7-25H,6H2,1-5H3/b8-7+,11-9+,20-10+,33-21+. The van der Waals surface area contributed by atoms with Crippen molar-refractivity contribution in [3.05, 3.63) is 132 Å². The molecule has 0 radical (unpaired) electrons. The lowest BCUT2D eigenvalue weighted by atomic mass is 9.79. The van der Waals surface area contributed by atoms with E-state index in [4.69, 9.17) is 4.99 Å². The molecule has 0 saturated carbocycles. The smallest absolute Gasteiger partial charge is 0.0681 e. The zero-order valence-corrected chi connectivity index (χ0v) is 23.6. The fourth-order valence-corrected chi connectivity index (χ4v) is 6.52. The third kappa shape index (κ3) is 4.06. The van der Waals surface area contributed by atoms with Crippen molar-refractivity contribution in [1.29, 1.82) is 0 Å². The van der Waals surface area contributed by atoms with E-state index in [0.717, 1.165) is 17.9 Å². The van der Waals surface area contributed by atoms with Gasteiger partial charge in [-0.25, -0.2) is 0 Å². The highest BCUT2D eigenvalue weighted by Crippen LogP contribution is 2.50. The Bertz CT molecular complexity index is 1740. The Morgan fingerprint density at radius 3 is 2.00 bits per heavy atom. The Kier molecular flexibility index (Phi) is 6.14. The summed E-state index contributed by atoms with van der Waals surface area (Å²) in [7, 11) is 0. The van der Waals surface area contributed by atoms with E-state index in [1.54, 1.807) is 0 Å². The van der Waals surface area contributed by atoms with Gasteiger partial charge in [-0.3, -0.25) is 4.99 Å². The molecule has 0 atom stereocenters. The van der Waals surface area contributed by atoms with E-state index in [2.05, 4.69) is 155 Å². The Morgan fingerprint density at radius 2 is 1.28 bits per heavy atom. The van der Waals surface area contributed by atoms with Crippen LogP contribution in [0.25, 0.3) is 21.5 Å². The lowest BCUT2D eigenvalue weighted by molar-refractivity contribution is 0.638. The van der Waals surface area contributed by atoms with E-state index in [1.807, 2.05) is 0 Å². The van der Waals surface area contributed by atoms with Crippen LogP contribution in [-0.2, 0) is 10.8 Å². The Labute approximate surface area is 232 Å². The first kappa shape index (κ1) is 25.1. The van der Waals surface area contributed by atoms with Crippen LogP contribution in [0, 0.1) is 0 Å². The van der Waals surface area contributed by atoms with Crippen molar-refractivity contribution in [3.63, 3.8) is 0 Å². The largest absolute Gasteiger partial charge is 0.344 e. The molecule has 0 N–H and O–H groups in total. The van der Waals surface area contributed by atoms with Crippen molar-refractivity contribution in [1.82, 2.24) is 0 Å². The van der Waals surface area contributed by atoms with Crippen molar-refractivity contribution in [3.8, 4) is 0 Å². The molecule has 4 aromatic rings. The molecule has 2 aliphatic rings. The van der Waals surface area contributed by atoms with Crippen molar-refractivity contribution in [2.24, 2.45) is 4.99 Å². The fourth-order valence-electron chi connectivity index (χ4n) is 6.52. The van der Waals surface area contributed by atoms with Crippen LogP contribution in [0.2, 0.25) is 0 Å². The Morgan fingerprint density at radius 1 is 0.667 bits per heavy atom. The van der Waals surface area contributed by atoms with Crippen LogP contribution in [0.5, 0.6) is 0 Å². The van der Waals surface area contributed by atoms with Gasteiger partial charge in [0.2, 0.25) is 0 Å². The highest BCUT2D eigenvalue weighted by atomic mass is 15.2. The average molecular weight is 509 g/mol. The van der Waals surface area contributed by atoms with E-state index in [1.165, 1.54) is 44.1 Å². The van der Waals surface area contributed by atoms with Crippen LogP contribution in [0.15, 0.2) is 126 Å². The van der Waals surface area contributed by atoms with Crippen LogP contribution < -0.4 is 4.90 Å². The summed E-state index contributed by atoms with van der Waals surface area (Å²) in [5, 5.41) is 5.22. The molecule has 2 heteroatoms. The molecule has 2 aliphatic heterocycles. The number of anilines is 1. The van der Waals surface area contributed by atoms with Crippen LogP contribution in [0.3, 0.4) is 0 Å². The molecule has 0 unspecified atom stereocenters. The second kappa shape index (κ2) is 9.54. The van der Waals surface area contributed by atoms with Gasteiger partial charge in [0.15, 0.2) is 0 Å². The monoisotopic (exact) mass is 508 g/mol. The second-order valence-electron chi connectivity index (χ2n) is 11.5. The van der Waals surface area contributed by atoms with Crippen molar-refractivity contribution in [2.45, 2.75) is 45.4 Å². The van der Waals surface area contributed by atoms with Gasteiger partial charge in [-0.05, 0) is 63.9 Å². The van der Waals surface area contributed by atoms with Crippen LogP contribution in [0.1, 0.15) is 45.7 Å². The van der Waals surface area contributed by atoms with E-state index in [9.17, 15) is 0 Å². The maximum absolute atomic E-state index is 4.98. The van der Waals surface area contributed by atoms with Gasteiger partial charge in [0.25, 0.3) is 0 Å². The molecule has 2 heterocycles. The number of hydrogen-bond donors (Lipinski definition) is 0. The molecule has 6 rings (SSSR count). The fraction of sp³-hybridized carbons (Fsp3) is 0.216. The number of likely N-dealkylation sites (N-methyl/N-ethyl adjacent to an activating group) is 1. The first-order valence-electron chi connectivity index (χ1n) is 14.0. The molecule has 0 aliphatic carbocycles. The SMILES string of the molecule is CCN1/C(=C/C=C/C=C/C=C/C2=Nc3ccc4ccccc4c3C2(C)C)C(C)(C)c2c1ccc1ccccc21. The summed E-state index contributed by atoms with van der Waals surface area (Å²) in [6.45, 7) is 12.4. The van der Waals surface area contributed by atoms with Gasteiger partial charge in [0, 0.05) is 28.8 Å². The molecule has 0 saturated heterocycles. The van der Waals surface area contributed by atoms with Crippen LogP contribution in [0.4, 0.5) is 11.4 Å². The molecular formula is C37H36N2. The van der Waals surface area contributed by atoms with Crippen molar-refractivity contribution in [2.75, 3.05) is 11.4 Å². The minimum absolute atomic E-state index is 0.0639. The number of benzene rings is 4. The van der Waals surface area contributed by atoms with Gasteiger partial charge in [-0.15, -0.1) is 0 Å². The Hall–Kier alpha value is -4.17. The number of hydrogen-bond acceptors (Lipinski definition) is 2. The van der Waals surface area contributed by atoms with Gasteiger partial charge >= 0.3 is 0 Å². The first-order chi connectivity index (χ1) is 18.8. The number of rotatable bonds is 5. The van der Waals surface area contributed by atoms with E-state index < -0.39 is 0 Å². The van der Waals surface area contributed by atoms with Gasteiger partial charge < -0.3 is 4.90 Å². The summed E-state index contributed by atoms with van der Waals surface area (Å²) in [5.41, 5.74) is 7.40. The van der Waals surface area contributed by atoms with Crippen molar-refractivity contribution >= 4 is 38.6 Å². The lowest BCUT2D eigenvalue weighted by Crippen LogP contribution is -2.25. The maximum Gasteiger partial charge on any atom is 0.0681 e. The second-order valence-corrected chi connectivity index (χ2v) is 11.5. The molecule has 0 amide bonds. The minimum atomic E-state index is -0.127. The van der Waals surface area contributed by atoms with Crippen LogP contribution >= 0.6 is 0 Å². The lowest BCUT2D eigenvalue weighted by Gasteiger charge is -2.26. The molecule has 4 aromatic carbocycles. The number of fused-ring (bicyclic) bond motifs is 6. The van der Waals surface area contributed by atoms with Crippen LogP contribution in [-0.4, -0.2) is 12.3 Å². The average Bonchev–Trinajstić information content (AvgIpc) is 3.33. The van der Waals surface area contributed by atoms with E-state index in [-0.39, 0.29) is 10.8 Å². The molecule has 0 fully saturated rings. The Balaban J connectivity index is 1.20. The van der Waals surface area contributed by atoms with E-state index in [0.29, 0.717) is 0 Å². The van der Waals surface area contributed by atoms with Gasteiger partial charge in [0.1, 0.15) is 0 Å². The summed E-state index contributed by atoms with van der Waals surface area (Å²) >= 11 is 0. The highest BCUT2D eigenvalue weighted by Gasteiger charge is 2.40. The molecule has 2 nitrogen and oxygen atoms in total. The minimum Gasteiger partial charge on any atom is -0.344 e. The van der Waals surface area contributed by atoms with E-state index >= 15 is 0 Å². The molecule has 194 valence electrons. The molecule has 0 bridgehead atoms. The summed E-state index contributed by atoms with van der Waals surface area (Å²) in [6.07, 6.45) is 15.0. The molecule has 39 heavy (non-hydrogen) atoms. The quantitative estimate of drug-likeness (QED) is 0.245. The van der Waals surface area contributed by atoms with Gasteiger partial charge in [0.05, 0.1) is 11.4 Å². The predicted molar refractivity (Wildman–Crippen MR) is 170 cm³/mol. The molecular weight excluding hydrogens is 472 g/mol. The van der Waals surface area contributed by atoms with Crippen molar-refractivity contribution < 1.29 is 0 Å². The number of nitrogens with zero attached hydrogens (tertiary/aromatic N) is 2. The molecule has 0 aromatic heterocycles. The first-order valence-corrected chi connectivity index (χ1v) is 14.0. The summed E-state index contributed by atoms with van der Waals surface area (Å²) < 4.78 is 0. The highest BCUT2D eigenvalue weighted by molar-refractivity contribution is 6.12. The number of aliphatic imine (C=N–C) groups is 1. The zero-order chi connectivity index (χ0) is 27.2. The topological polar surface area (TPSA) is 15.6 Å². The summed E-state index contributed by atoms with van der Waals surface area (Å²) in [6, 6.07) is 26.2. The van der Waals surface area contributed by atoms with Gasteiger partial charge in [-0.2, -0.15) is 0 Å². The third-order valence-electron chi connectivity index (χ3n) is 8.44. The van der Waals surface area contributed by atoms with Gasteiger partial charge in [-0.1, -0.05) is 119 Å². The normalized spacial score (nSPS) is 18.7. The number of allylic oxidation sites excluding steroid dienone is 8. The summed E-state index contributed by atoms with van der Waals surface area (Å²) in [4.78, 5) is 7.43. The zero-order valence-electron chi connectivity index (χ0n) is 23.6. The molecule has 0 spiro atoms. The maximum atomic E-state index is 4.98.